The highest BCUT2D eigenvalue weighted by Crippen LogP contribution is 2.25. The Morgan fingerprint density at radius 3 is 0.872 bits per heavy atom. The first kappa shape index (κ1) is 47.7. The number of thiol groups is 5. The lowest BCUT2D eigenvalue weighted by Crippen LogP contribution is -2.39. The van der Waals surface area contributed by atoms with Gasteiger partial charge in [-0.2, -0.15) is 63.1 Å². The van der Waals surface area contributed by atoms with Gasteiger partial charge in [-0.15, -0.1) is 0 Å². The molecule has 0 amide bonds. The molecule has 0 heterocycles. The van der Waals surface area contributed by atoms with Crippen LogP contribution in [0.3, 0.4) is 0 Å². The molecule has 0 bridgehead atoms. The van der Waals surface area contributed by atoms with Crippen LogP contribution in [-0.2, 0) is 57.2 Å². The average Bonchev–Trinajstić information content (AvgIpc) is 3.03. The van der Waals surface area contributed by atoms with Crippen molar-refractivity contribution >= 4 is 99.0 Å². The summed E-state index contributed by atoms with van der Waals surface area (Å²) >= 11 is 19.8. The van der Waals surface area contributed by atoms with Gasteiger partial charge in [0.1, 0.15) is 39.6 Å². The van der Waals surface area contributed by atoms with Crippen LogP contribution in [0, 0.1) is 10.8 Å². The Bertz CT molecular complexity index is 825. The van der Waals surface area contributed by atoms with Crippen LogP contribution in [0.5, 0.6) is 0 Å². The first-order valence-corrected chi connectivity index (χ1v) is 18.4. The predicted octanol–water partition coefficient (Wildman–Crippen LogP) is 4.03. The van der Waals surface area contributed by atoms with Crippen molar-refractivity contribution in [3.8, 4) is 0 Å². The van der Waals surface area contributed by atoms with E-state index in [0.717, 1.165) is 0 Å². The standard InChI is InChI=1S/C16H28O6S2.C14H24O6S3/c1-3-5-13(17)20-10-16(4-2,11-21-14(18)6-8-23)12-22-15(19)7-9-24;1-14(8-18-11(15)2-5-21,9-19-12(16)3-6-22)10-20-13(17)4-7-23/h23-24H,3-12H2,1-2H3;21-23H,2-10H2,1H3. The van der Waals surface area contributed by atoms with Gasteiger partial charge in [0.25, 0.3) is 0 Å². The van der Waals surface area contributed by atoms with Gasteiger partial charge in [-0.3, -0.25) is 28.8 Å². The van der Waals surface area contributed by atoms with Crippen molar-refractivity contribution in [1.29, 1.82) is 0 Å². The van der Waals surface area contributed by atoms with E-state index < -0.39 is 28.7 Å². The maximum atomic E-state index is 11.6. The van der Waals surface area contributed by atoms with Crippen LogP contribution >= 0.6 is 63.1 Å². The fourth-order valence-electron chi connectivity index (χ4n) is 3.11. The summed E-state index contributed by atoms with van der Waals surface area (Å²) in [4.78, 5) is 69.2. The van der Waals surface area contributed by atoms with E-state index >= 15 is 0 Å². The van der Waals surface area contributed by atoms with Crippen LogP contribution in [0.25, 0.3) is 0 Å². The first-order valence-electron chi connectivity index (χ1n) is 15.3. The van der Waals surface area contributed by atoms with Gasteiger partial charge in [0, 0.05) is 35.2 Å². The highest BCUT2D eigenvalue weighted by atomic mass is 32.1. The fourth-order valence-corrected chi connectivity index (χ4v) is 4.03. The molecule has 0 N–H and O–H groups in total. The Kier molecular flexibility index (Phi) is 29.9. The van der Waals surface area contributed by atoms with Crippen LogP contribution in [0.15, 0.2) is 0 Å². The number of carbonyl (C=O) groups is 6. The molecule has 0 saturated heterocycles. The SMILES string of the molecule is CC(COC(=O)CCS)(COC(=O)CCS)COC(=O)CCS.CCCC(=O)OCC(CC)(COC(=O)CCS)COC(=O)CCS. The maximum absolute atomic E-state index is 11.6. The molecule has 0 aromatic carbocycles. The molecule has 0 aliphatic rings. The van der Waals surface area contributed by atoms with Gasteiger partial charge < -0.3 is 28.4 Å². The number of carbonyl (C=O) groups excluding carboxylic acids is 6. The zero-order valence-corrected chi connectivity index (χ0v) is 32.0. The third-order valence-electron chi connectivity index (χ3n) is 6.15. The van der Waals surface area contributed by atoms with Crippen LogP contribution in [0.4, 0.5) is 0 Å². The molecule has 47 heavy (non-hydrogen) atoms. The number of esters is 6. The summed E-state index contributed by atoms with van der Waals surface area (Å²) in [6, 6.07) is 0. The van der Waals surface area contributed by atoms with Gasteiger partial charge in [0.05, 0.1) is 42.9 Å². The Balaban J connectivity index is 0. The van der Waals surface area contributed by atoms with Gasteiger partial charge in [0.15, 0.2) is 0 Å². The molecule has 0 fully saturated rings. The zero-order valence-electron chi connectivity index (χ0n) is 27.6. The topological polar surface area (TPSA) is 158 Å². The van der Waals surface area contributed by atoms with Gasteiger partial charge in [-0.1, -0.05) is 13.8 Å². The summed E-state index contributed by atoms with van der Waals surface area (Å²) in [5.74, 6) is -0.400. The van der Waals surface area contributed by atoms with Crippen molar-refractivity contribution < 1.29 is 57.2 Å². The minimum atomic E-state index is -0.815. The van der Waals surface area contributed by atoms with E-state index in [1.54, 1.807) is 6.92 Å². The monoisotopic (exact) mass is 764 g/mol. The van der Waals surface area contributed by atoms with Crippen molar-refractivity contribution in [2.45, 2.75) is 72.1 Å². The summed E-state index contributed by atoms with van der Waals surface area (Å²) < 4.78 is 31.1. The highest BCUT2D eigenvalue weighted by molar-refractivity contribution is 7.80. The maximum Gasteiger partial charge on any atom is 0.306 e. The number of hydrogen-bond donors (Lipinski definition) is 5. The fraction of sp³-hybridized carbons (Fsp3) is 0.800. The Labute approximate surface area is 306 Å². The summed E-state index contributed by atoms with van der Waals surface area (Å²) in [5, 5.41) is 0. The minimum Gasteiger partial charge on any atom is -0.465 e. The molecule has 0 spiro atoms. The smallest absolute Gasteiger partial charge is 0.306 e. The number of ether oxygens (including phenoxy) is 6. The number of rotatable bonds is 25. The molecule has 0 atom stereocenters. The van der Waals surface area contributed by atoms with Gasteiger partial charge in [0.2, 0.25) is 0 Å². The minimum absolute atomic E-state index is 0.0175. The summed E-state index contributed by atoms with van der Waals surface area (Å²) in [5.41, 5.74) is -1.56. The summed E-state index contributed by atoms with van der Waals surface area (Å²) in [6.45, 7) is 5.45. The molecule has 0 unspecified atom stereocenters. The molecule has 17 heteroatoms. The van der Waals surface area contributed by atoms with Crippen molar-refractivity contribution in [3.05, 3.63) is 0 Å². The van der Waals surface area contributed by atoms with E-state index in [4.69, 9.17) is 28.4 Å². The molecular formula is C30H52O12S5. The van der Waals surface area contributed by atoms with E-state index in [0.29, 0.717) is 48.0 Å². The van der Waals surface area contributed by atoms with Crippen LogP contribution < -0.4 is 0 Å². The van der Waals surface area contributed by atoms with E-state index in [2.05, 4.69) is 63.1 Å². The molecule has 0 aromatic rings. The lowest BCUT2D eigenvalue weighted by Gasteiger charge is -2.31. The number of hydrogen-bond acceptors (Lipinski definition) is 17. The summed E-state index contributed by atoms with van der Waals surface area (Å²) in [7, 11) is 0. The van der Waals surface area contributed by atoms with Crippen molar-refractivity contribution in [3.63, 3.8) is 0 Å². The van der Waals surface area contributed by atoms with E-state index in [1.807, 2.05) is 13.8 Å². The normalized spacial score (nSPS) is 11.0. The molecule has 0 rings (SSSR count). The van der Waals surface area contributed by atoms with Crippen LogP contribution in [0.2, 0.25) is 0 Å². The third-order valence-corrected chi connectivity index (χ3v) is 7.26. The Morgan fingerprint density at radius 2 is 0.660 bits per heavy atom. The highest BCUT2D eigenvalue weighted by Gasteiger charge is 2.34. The summed E-state index contributed by atoms with van der Waals surface area (Å²) in [6.07, 6.45) is 2.45. The second-order valence-electron chi connectivity index (χ2n) is 10.7. The second kappa shape index (κ2) is 29.5. The average molecular weight is 765 g/mol. The van der Waals surface area contributed by atoms with Crippen LogP contribution in [0.1, 0.15) is 72.1 Å². The lowest BCUT2D eigenvalue weighted by molar-refractivity contribution is -0.163. The largest absolute Gasteiger partial charge is 0.465 e. The molecular weight excluding hydrogens is 713 g/mol. The van der Waals surface area contributed by atoms with Crippen LogP contribution in [-0.4, -0.2) is 104 Å². The molecule has 0 radical (unpaired) electrons. The molecule has 0 aliphatic carbocycles. The second-order valence-corrected chi connectivity index (χ2v) is 13.0. The first-order chi connectivity index (χ1) is 22.3. The Morgan fingerprint density at radius 1 is 0.426 bits per heavy atom. The molecule has 12 nitrogen and oxygen atoms in total. The van der Waals surface area contributed by atoms with E-state index in [-0.39, 0.29) is 89.7 Å². The third kappa shape index (κ3) is 26.2. The molecule has 0 aromatic heterocycles. The molecule has 0 saturated carbocycles. The quantitative estimate of drug-likeness (QED) is 0.0518. The van der Waals surface area contributed by atoms with Gasteiger partial charge >= 0.3 is 35.8 Å². The molecule has 274 valence electrons. The van der Waals surface area contributed by atoms with Crippen molar-refractivity contribution in [2.75, 3.05) is 68.4 Å². The van der Waals surface area contributed by atoms with Crippen molar-refractivity contribution in [1.82, 2.24) is 0 Å². The molecule has 0 aliphatic heterocycles. The van der Waals surface area contributed by atoms with Gasteiger partial charge in [-0.25, -0.2) is 0 Å². The van der Waals surface area contributed by atoms with Crippen molar-refractivity contribution in [2.24, 2.45) is 10.8 Å². The van der Waals surface area contributed by atoms with E-state index in [9.17, 15) is 28.8 Å². The predicted molar refractivity (Wildman–Crippen MR) is 194 cm³/mol. The van der Waals surface area contributed by atoms with Gasteiger partial charge in [-0.05, 0) is 19.8 Å². The lowest BCUT2D eigenvalue weighted by atomic mass is 9.88. The van der Waals surface area contributed by atoms with E-state index in [1.165, 1.54) is 0 Å². The Hall–Kier alpha value is -1.43. The zero-order chi connectivity index (χ0) is 36.1.